The van der Waals surface area contributed by atoms with Crippen LogP contribution in [-0.2, 0) is 29.1 Å². The van der Waals surface area contributed by atoms with Gasteiger partial charge in [-0.25, -0.2) is 17.9 Å². The van der Waals surface area contributed by atoms with Crippen LogP contribution in [0.5, 0.6) is 5.75 Å². The molecule has 2 aromatic carbocycles. The van der Waals surface area contributed by atoms with E-state index in [9.17, 15) is 27.6 Å². The Morgan fingerprint density at radius 1 is 1.02 bits per heavy atom. The van der Waals surface area contributed by atoms with Crippen molar-refractivity contribution in [2.75, 3.05) is 13.7 Å². The maximum atomic E-state index is 14.5. The molecule has 288 valence electrons. The highest BCUT2D eigenvalue weighted by Crippen LogP contribution is 2.46. The zero-order valence-corrected chi connectivity index (χ0v) is 31.5. The van der Waals surface area contributed by atoms with Gasteiger partial charge in [-0.05, 0) is 88.1 Å². The van der Waals surface area contributed by atoms with Crippen molar-refractivity contribution in [3.05, 3.63) is 66.7 Å². The van der Waals surface area contributed by atoms with Gasteiger partial charge in [0.25, 0.3) is 15.9 Å². The molecule has 3 heterocycles. The van der Waals surface area contributed by atoms with Gasteiger partial charge in [0.2, 0.25) is 17.6 Å². The first kappa shape index (κ1) is 38.4. The van der Waals surface area contributed by atoms with Crippen LogP contribution in [0.3, 0.4) is 0 Å². The summed E-state index contributed by atoms with van der Waals surface area (Å²) >= 11 is 0. The van der Waals surface area contributed by atoms with Crippen LogP contribution in [-0.4, -0.2) is 94.2 Å². The van der Waals surface area contributed by atoms with Gasteiger partial charge < -0.3 is 25.0 Å². The van der Waals surface area contributed by atoms with Crippen LogP contribution in [0.15, 0.2) is 71.6 Å². The van der Waals surface area contributed by atoms with E-state index in [1.54, 1.807) is 70.3 Å². The number of aromatic nitrogens is 4. The molecule has 1 aromatic heterocycles. The molecule has 4 amide bonds. The molecular weight excluding hydrogens is 717 g/mol. The molecule has 0 radical (unpaired) electrons. The Kier molecular flexibility index (Phi) is 11.1. The molecule has 3 aliphatic rings. The van der Waals surface area contributed by atoms with Crippen molar-refractivity contribution in [3.8, 4) is 17.1 Å². The lowest BCUT2D eigenvalue weighted by molar-refractivity contribution is -0.141. The minimum Gasteiger partial charge on any atom is -0.497 e. The van der Waals surface area contributed by atoms with Gasteiger partial charge in [0.1, 0.15) is 29.0 Å². The molecule has 5 atom stereocenters. The number of alkyl carbamates (subject to hydrolysis) is 1. The molecule has 1 aliphatic carbocycles. The van der Waals surface area contributed by atoms with Gasteiger partial charge in [0.05, 0.1) is 18.0 Å². The van der Waals surface area contributed by atoms with E-state index in [1.807, 2.05) is 12.2 Å². The highest BCUT2D eigenvalue weighted by Gasteiger charge is 2.61. The van der Waals surface area contributed by atoms with E-state index >= 15 is 0 Å². The monoisotopic (exact) mass is 762 g/mol. The maximum absolute atomic E-state index is 14.5. The summed E-state index contributed by atoms with van der Waals surface area (Å²) in [6, 6.07) is 11.8. The summed E-state index contributed by atoms with van der Waals surface area (Å²) in [6.07, 6.45) is 6.30. The van der Waals surface area contributed by atoms with E-state index in [0.717, 1.165) is 12.8 Å². The average molecular weight is 763 g/mol. The molecule has 0 bridgehead atoms. The Morgan fingerprint density at radius 2 is 1.76 bits per heavy atom. The molecule has 2 aliphatic heterocycles. The second-order valence-electron chi connectivity index (χ2n) is 14.8. The summed E-state index contributed by atoms with van der Waals surface area (Å²) in [4.78, 5) is 58.3. The highest BCUT2D eigenvalue weighted by molar-refractivity contribution is 7.90. The number of benzene rings is 2. The third-order valence-electron chi connectivity index (χ3n) is 9.74. The number of allylic oxidation sites excluding steroid dienone is 1. The standard InChI is InChI=1S/C37H46N8O8S/c1-36(2,3)53-35(49)38-29-16-12-7-5-6-9-13-25-22-37(25,34(48)42-54(50,51)28-14-10-8-11-15-28)39-32(46)30-21-26(23-44(30)33(29)47)45-41-31(40-43-45)24-17-19-27(52-4)20-18-24/h8-11,13-15,17-20,25-26,29-30H,5-7,12,16,21-23H2,1-4H3,(H,38,49)(H,39,46)(H,42,48)/b13-9-/t25-,26-,29-,30+,37+/m1/s1. The molecule has 3 N–H and O–H groups in total. The van der Waals surface area contributed by atoms with Crippen molar-refractivity contribution in [3.63, 3.8) is 0 Å². The number of methoxy groups -OCH3 is 1. The number of amides is 4. The predicted octanol–water partition coefficient (Wildman–Crippen LogP) is 3.28. The Bertz CT molecular complexity index is 2000. The number of nitrogens with one attached hydrogen (secondary N) is 3. The zero-order chi connectivity index (χ0) is 38.7. The Labute approximate surface area is 314 Å². The molecule has 2 fully saturated rings. The van der Waals surface area contributed by atoms with Crippen LogP contribution in [0.2, 0.25) is 0 Å². The molecule has 0 spiro atoms. The lowest BCUT2D eigenvalue weighted by Crippen LogP contribution is -2.58. The number of sulfonamides is 1. The fourth-order valence-corrected chi connectivity index (χ4v) is 7.88. The third-order valence-corrected chi connectivity index (χ3v) is 11.1. The summed E-state index contributed by atoms with van der Waals surface area (Å²) in [6.45, 7) is 5.15. The molecule has 54 heavy (non-hydrogen) atoms. The van der Waals surface area contributed by atoms with Crippen molar-refractivity contribution in [1.29, 1.82) is 0 Å². The number of hydrogen-bond donors (Lipinski definition) is 3. The SMILES string of the molecule is COc1ccc(-c2nnn([C@@H]3C[C@H]4C(=O)N[C@@]5(C(=O)NS(=O)(=O)c6ccccc6)C[C@H]5/C=C\CCCCC[C@@H](NC(=O)OC(C)(C)C)C(=O)N4C3)n2)cc1. The largest absolute Gasteiger partial charge is 0.497 e. The first-order valence-corrected chi connectivity index (χ1v) is 19.5. The molecule has 3 aromatic rings. The maximum Gasteiger partial charge on any atom is 0.408 e. The second-order valence-corrected chi connectivity index (χ2v) is 16.5. The fraction of sp³-hybridized carbons (Fsp3) is 0.486. The second kappa shape index (κ2) is 15.6. The number of nitrogens with zero attached hydrogens (tertiary/aromatic N) is 5. The van der Waals surface area contributed by atoms with E-state index < -0.39 is 69.0 Å². The summed E-state index contributed by atoms with van der Waals surface area (Å²) in [5, 5.41) is 18.6. The van der Waals surface area contributed by atoms with Crippen molar-refractivity contribution >= 4 is 33.8 Å². The van der Waals surface area contributed by atoms with Gasteiger partial charge >= 0.3 is 6.09 Å². The first-order chi connectivity index (χ1) is 25.7. The highest BCUT2D eigenvalue weighted by atomic mass is 32.2. The number of rotatable bonds is 7. The molecule has 6 rings (SSSR count). The van der Waals surface area contributed by atoms with Crippen molar-refractivity contribution in [1.82, 2.24) is 40.5 Å². The Hall–Kier alpha value is -5.32. The van der Waals surface area contributed by atoms with Crippen LogP contribution in [0.1, 0.15) is 71.8 Å². The predicted molar refractivity (Wildman–Crippen MR) is 195 cm³/mol. The molecular formula is C37H46N8O8S. The fourth-order valence-electron chi connectivity index (χ4n) is 6.82. The number of fused-ring (bicyclic) bond motifs is 2. The van der Waals surface area contributed by atoms with E-state index in [-0.39, 0.29) is 24.3 Å². The van der Waals surface area contributed by atoms with Crippen LogP contribution >= 0.6 is 0 Å². The topological polar surface area (TPSA) is 204 Å². The van der Waals surface area contributed by atoms with Crippen LogP contribution in [0.4, 0.5) is 4.79 Å². The number of ether oxygens (including phenoxy) is 2. The van der Waals surface area contributed by atoms with Crippen molar-refractivity contribution in [2.45, 2.75) is 99.9 Å². The van der Waals surface area contributed by atoms with Crippen LogP contribution < -0.4 is 20.1 Å². The summed E-state index contributed by atoms with van der Waals surface area (Å²) < 4.78 is 39.3. The van der Waals surface area contributed by atoms with Gasteiger partial charge in [-0.1, -0.05) is 43.2 Å². The minimum absolute atomic E-state index is 0.00720. The smallest absolute Gasteiger partial charge is 0.408 e. The molecule has 1 saturated carbocycles. The summed E-state index contributed by atoms with van der Waals surface area (Å²) in [5.74, 6) is -1.55. The number of hydrogen-bond acceptors (Lipinski definition) is 11. The molecule has 0 unspecified atom stereocenters. The van der Waals surface area contributed by atoms with E-state index in [4.69, 9.17) is 9.47 Å². The van der Waals surface area contributed by atoms with E-state index in [0.29, 0.717) is 36.4 Å². The average Bonchev–Trinajstić information content (AvgIpc) is 3.43. The van der Waals surface area contributed by atoms with Gasteiger partial charge in [0, 0.05) is 24.4 Å². The van der Waals surface area contributed by atoms with Gasteiger partial charge in [-0.2, -0.15) is 4.80 Å². The normalized spacial score (nSPS) is 25.5. The molecule has 1 saturated heterocycles. The van der Waals surface area contributed by atoms with Crippen LogP contribution in [0, 0.1) is 5.92 Å². The van der Waals surface area contributed by atoms with Gasteiger partial charge in [-0.15, -0.1) is 10.2 Å². The van der Waals surface area contributed by atoms with E-state index in [1.165, 1.54) is 21.8 Å². The Morgan fingerprint density at radius 3 is 2.46 bits per heavy atom. The van der Waals surface area contributed by atoms with Gasteiger partial charge in [0.15, 0.2) is 0 Å². The molecule has 17 heteroatoms. The first-order valence-electron chi connectivity index (χ1n) is 18.0. The van der Waals surface area contributed by atoms with E-state index in [2.05, 4.69) is 30.8 Å². The number of tetrazole rings is 1. The zero-order valence-electron chi connectivity index (χ0n) is 30.7. The minimum atomic E-state index is -4.26. The number of carbonyl (C=O) groups is 4. The summed E-state index contributed by atoms with van der Waals surface area (Å²) in [5.41, 5.74) is -1.72. The molecule has 16 nitrogen and oxygen atoms in total. The lowest BCUT2D eigenvalue weighted by atomic mass is 10.0. The quantitative estimate of drug-likeness (QED) is 0.298. The summed E-state index contributed by atoms with van der Waals surface area (Å²) in [7, 11) is -2.69. The number of carbonyl (C=O) groups excluding carboxylic acids is 4. The van der Waals surface area contributed by atoms with Crippen molar-refractivity contribution < 1.29 is 37.1 Å². The lowest BCUT2D eigenvalue weighted by Gasteiger charge is -2.30. The van der Waals surface area contributed by atoms with Gasteiger partial charge in [-0.3, -0.25) is 14.4 Å². The van der Waals surface area contributed by atoms with Crippen LogP contribution in [0.25, 0.3) is 11.4 Å². The third kappa shape index (κ3) is 8.72. The van der Waals surface area contributed by atoms with Crippen molar-refractivity contribution in [2.24, 2.45) is 5.92 Å². The Balaban J connectivity index is 1.31.